The molecule has 0 radical (unpaired) electrons. The predicted octanol–water partition coefficient (Wildman–Crippen LogP) is 2.25. The maximum absolute atomic E-state index is 4.49. The van der Waals surface area contributed by atoms with Gasteiger partial charge in [-0.1, -0.05) is 6.07 Å². The molecule has 1 aromatic rings. The molecule has 0 aliphatic carbocycles. The van der Waals surface area contributed by atoms with E-state index >= 15 is 0 Å². The Labute approximate surface area is 71.0 Å². The van der Waals surface area contributed by atoms with Crippen LogP contribution >= 0.6 is 12.2 Å². The third-order valence-electron chi connectivity index (χ3n) is 1.41. The summed E-state index contributed by atoms with van der Waals surface area (Å²) in [5, 5.41) is 2.35. The van der Waals surface area contributed by atoms with Gasteiger partial charge in [0.05, 0.1) is 11.2 Å². The quantitative estimate of drug-likeness (QED) is 0.494. The summed E-state index contributed by atoms with van der Waals surface area (Å²) in [4.78, 5) is 7.89. The van der Waals surface area contributed by atoms with Crippen LogP contribution in [0.3, 0.4) is 0 Å². The molecule has 1 aromatic heterocycles. The summed E-state index contributed by atoms with van der Waals surface area (Å²) < 4.78 is 0. The van der Waals surface area contributed by atoms with Crippen LogP contribution < -0.4 is 0 Å². The van der Waals surface area contributed by atoms with Crippen LogP contribution in [-0.4, -0.2) is 10.1 Å². The molecule has 2 nitrogen and oxygen atoms in total. The first-order chi connectivity index (χ1) is 5.34. The molecule has 0 spiro atoms. The highest BCUT2D eigenvalue weighted by Crippen LogP contribution is 2.13. The van der Waals surface area contributed by atoms with Crippen LogP contribution in [0.4, 0.5) is 0 Å². The summed E-state index contributed by atoms with van der Waals surface area (Å²) >= 11 is 4.49. The third-order valence-corrected chi connectivity index (χ3v) is 1.52. The molecule has 11 heavy (non-hydrogen) atoms. The van der Waals surface area contributed by atoms with E-state index in [-0.39, 0.29) is 6.04 Å². The first-order valence-electron chi connectivity index (χ1n) is 3.31. The maximum Gasteiger partial charge on any atom is 0.0838 e. The van der Waals surface area contributed by atoms with Crippen molar-refractivity contribution in [2.75, 3.05) is 0 Å². The summed E-state index contributed by atoms with van der Waals surface area (Å²) in [5.41, 5.74) is 1.06. The third kappa shape index (κ3) is 2.22. The van der Waals surface area contributed by atoms with Gasteiger partial charge in [0, 0.05) is 12.4 Å². The summed E-state index contributed by atoms with van der Waals surface area (Å²) in [5.74, 6) is 0. The first kappa shape index (κ1) is 8.05. The summed E-state index contributed by atoms with van der Waals surface area (Å²) in [6.07, 6.45) is 3.51. The Hall–Kier alpha value is -1.05. The lowest BCUT2D eigenvalue weighted by Crippen LogP contribution is -1.88. The Kier molecular flexibility index (Phi) is 2.90. The molecule has 56 valence electrons. The van der Waals surface area contributed by atoms with E-state index in [0.717, 1.165) is 5.56 Å². The number of nitrogens with zero attached hydrogens (tertiary/aromatic N) is 2. The fourth-order valence-corrected chi connectivity index (χ4v) is 0.935. The smallest absolute Gasteiger partial charge is 0.0838 e. The van der Waals surface area contributed by atoms with Crippen molar-refractivity contribution in [3.8, 4) is 0 Å². The average Bonchev–Trinajstić information content (AvgIpc) is 2.07. The van der Waals surface area contributed by atoms with Crippen LogP contribution in [0.2, 0.25) is 0 Å². The van der Waals surface area contributed by atoms with Gasteiger partial charge in [-0.15, -0.1) is 0 Å². The highest BCUT2D eigenvalue weighted by atomic mass is 32.1. The van der Waals surface area contributed by atoms with E-state index in [2.05, 4.69) is 27.4 Å². The normalized spacial score (nSPS) is 11.7. The van der Waals surface area contributed by atoms with Crippen molar-refractivity contribution in [1.29, 1.82) is 0 Å². The van der Waals surface area contributed by atoms with Crippen molar-refractivity contribution >= 4 is 17.4 Å². The number of hydrogen-bond donors (Lipinski definition) is 0. The Bertz CT molecular complexity index is 265. The van der Waals surface area contributed by atoms with Gasteiger partial charge in [-0.3, -0.25) is 4.98 Å². The van der Waals surface area contributed by atoms with Gasteiger partial charge in [0.25, 0.3) is 0 Å². The Balaban J connectivity index is 2.84. The predicted molar refractivity (Wildman–Crippen MR) is 47.7 cm³/mol. The number of hydrogen-bond acceptors (Lipinski definition) is 3. The number of pyridine rings is 1. The lowest BCUT2D eigenvalue weighted by atomic mass is 10.2. The first-order valence-corrected chi connectivity index (χ1v) is 3.72. The van der Waals surface area contributed by atoms with Crippen LogP contribution in [0.5, 0.6) is 0 Å². The fourth-order valence-electron chi connectivity index (χ4n) is 0.777. The zero-order valence-electron chi connectivity index (χ0n) is 6.19. The molecule has 0 saturated heterocycles. The lowest BCUT2D eigenvalue weighted by molar-refractivity contribution is 0.821. The van der Waals surface area contributed by atoms with Crippen LogP contribution in [-0.2, 0) is 0 Å². The van der Waals surface area contributed by atoms with Gasteiger partial charge in [-0.25, -0.2) is 4.99 Å². The standard InChI is InChI=1S/C8H8N2S/c1-7(10-6-11)8-3-2-4-9-5-8/h2-5,7H,1H3/t7-/m1/s1. The van der Waals surface area contributed by atoms with Gasteiger partial charge in [0.2, 0.25) is 0 Å². The van der Waals surface area contributed by atoms with Crippen molar-refractivity contribution in [2.45, 2.75) is 13.0 Å². The molecule has 0 aromatic carbocycles. The minimum absolute atomic E-state index is 0.0706. The van der Waals surface area contributed by atoms with Gasteiger partial charge in [-0.2, -0.15) is 0 Å². The molecule has 0 N–H and O–H groups in total. The average molecular weight is 164 g/mol. The van der Waals surface area contributed by atoms with Crippen molar-refractivity contribution in [2.24, 2.45) is 4.99 Å². The Morgan fingerprint density at radius 1 is 1.73 bits per heavy atom. The second-order valence-corrected chi connectivity index (χ2v) is 2.37. The van der Waals surface area contributed by atoms with E-state index in [9.17, 15) is 0 Å². The summed E-state index contributed by atoms with van der Waals surface area (Å²) in [6, 6.07) is 3.92. The topological polar surface area (TPSA) is 25.2 Å². The zero-order valence-corrected chi connectivity index (χ0v) is 7.01. The Morgan fingerprint density at radius 2 is 2.55 bits per heavy atom. The Morgan fingerprint density at radius 3 is 3.09 bits per heavy atom. The van der Waals surface area contributed by atoms with Gasteiger partial charge >= 0.3 is 0 Å². The second-order valence-electron chi connectivity index (χ2n) is 2.18. The molecule has 0 aliphatic heterocycles. The fraction of sp³-hybridized carbons (Fsp3) is 0.250. The SMILES string of the molecule is C[C@@H](N=C=S)c1cccnc1. The van der Waals surface area contributed by atoms with Crippen molar-refractivity contribution in [3.63, 3.8) is 0 Å². The van der Waals surface area contributed by atoms with Gasteiger partial charge in [0.15, 0.2) is 0 Å². The molecule has 0 saturated carbocycles. The molecular formula is C8H8N2S. The largest absolute Gasteiger partial charge is 0.264 e. The molecule has 0 unspecified atom stereocenters. The van der Waals surface area contributed by atoms with Gasteiger partial charge < -0.3 is 0 Å². The van der Waals surface area contributed by atoms with E-state index in [4.69, 9.17) is 0 Å². The van der Waals surface area contributed by atoms with E-state index in [1.807, 2.05) is 19.1 Å². The second kappa shape index (κ2) is 3.96. The van der Waals surface area contributed by atoms with Gasteiger partial charge in [-0.05, 0) is 30.8 Å². The molecule has 0 aliphatic rings. The van der Waals surface area contributed by atoms with E-state index in [0.29, 0.717) is 0 Å². The number of aliphatic imine (C=N–C) groups is 1. The minimum Gasteiger partial charge on any atom is -0.264 e. The van der Waals surface area contributed by atoms with Crippen LogP contribution in [0.1, 0.15) is 18.5 Å². The number of isothiocyanates is 1. The molecule has 1 atom stereocenters. The number of aromatic nitrogens is 1. The minimum atomic E-state index is 0.0706. The van der Waals surface area contributed by atoms with Crippen LogP contribution in [0.25, 0.3) is 0 Å². The van der Waals surface area contributed by atoms with Crippen LogP contribution in [0, 0.1) is 0 Å². The lowest BCUT2D eigenvalue weighted by Gasteiger charge is -2.01. The molecule has 3 heteroatoms. The number of thiocarbonyl (C=S) groups is 1. The molecule has 0 fully saturated rings. The van der Waals surface area contributed by atoms with Crippen LogP contribution in [0.15, 0.2) is 29.5 Å². The molecule has 1 heterocycles. The van der Waals surface area contributed by atoms with Gasteiger partial charge in [0.1, 0.15) is 0 Å². The highest BCUT2D eigenvalue weighted by molar-refractivity contribution is 7.78. The number of rotatable bonds is 2. The molecular weight excluding hydrogens is 156 g/mol. The monoisotopic (exact) mass is 164 g/mol. The van der Waals surface area contributed by atoms with Crippen molar-refractivity contribution < 1.29 is 0 Å². The molecule has 0 bridgehead atoms. The zero-order chi connectivity index (χ0) is 8.10. The summed E-state index contributed by atoms with van der Waals surface area (Å²) in [6.45, 7) is 1.95. The summed E-state index contributed by atoms with van der Waals surface area (Å²) in [7, 11) is 0. The van der Waals surface area contributed by atoms with Crippen molar-refractivity contribution in [3.05, 3.63) is 30.1 Å². The van der Waals surface area contributed by atoms with E-state index in [1.165, 1.54) is 0 Å². The van der Waals surface area contributed by atoms with E-state index in [1.54, 1.807) is 12.4 Å². The maximum atomic E-state index is 4.49. The van der Waals surface area contributed by atoms with E-state index < -0.39 is 0 Å². The highest BCUT2D eigenvalue weighted by Gasteiger charge is 1.99. The molecule has 1 rings (SSSR count). The van der Waals surface area contributed by atoms with Crippen molar-refractivity contribution in [1.82, 2.24) is 4.98 Å². The molecule has 0 amide bonds.